The molecule has 0 aromatic heterocycles. The molecule has 9 aliphatic rings. The van der Waals surface area contributed by atoms with E-state index in [0.29, 0.717) is 61.2 Å². The first-order valence-electron chi connectivity index (χ1n) is 19.7. The molecule has 4 saturated carbocycles. The number of nitrogens with one attached hydrogen (secondary N) is 8. The molecule has 47 heavy (non-hydrogen) atoms. The molecule has 0 spiro atoms. The predicted molar refractivity (Wildman–Crippen MR) is 180 cm³/mol. The molecule has 9 rings (SSSR count). The summed E-state index contributed by atoms with van der Waals surface area (Å²) in [5.41, 5.74) is 0. The second-order valence-corrected chi connectivity index (χ2v) is 16.9. The fourth-order valence-electron chi connectivity index (χ4n) is 11.7. The summed E-state index contributed by atoms with van der Waals surface area (Å²) < 4.78 is 0. The Bertz CT molecular complexity index is 811. The monoisotopic (exact) mass is 689 g/mol. The smallest absolute Gasteiger partial charge is 0.0768 e. The Morgan fingerprint density at radius 3 is 0.957 bits per heavy atom. The van der Waals surface area contributed by atoms with Crippen molar-refractivity contribution in [3.05, 3.63) is 6.42 Å². The van der Waals surface area contributed by atoms with Crippen molar-refractivity contribution in [2.24, 2.45) is 47.3 Å². The SMILES string of the molecule is CC(O)C(C)O.[CH-]1CCCC2C3NC(NC4NC(NC5NC(NC6NC(N3)C3CCCCC63)C3CCCCC53)C3CCCCC43)C12.[Ti]. The van der Waals surface area contributed by atoms with Crippen molar-refractivity contribution in [3.8, 4) is 0 Å². The van der Waals surface area contributed by atoms with Gasteiger partial charge in [-0.3, -0.25) is 42.5 Å². The summed E-state index contributed by atoms with van der Waals surface area (Å²) in [6.07, 6.45) is 25.2. The van der Waals surface area contributed by atoms with E-state index in [2.05, 4.69) is 49.0 Å². The van der Waals surface area contributed by atoms with E-state index in [1.807, 2.05) is 0 Å². The van der Waals surface area contributed by atoms with Crippen molar-refractivity contribution in [2.75, 3.05) is 0 Å². The average Bonchev–Trinajstić information content (AvgIpc) is 3.81. The zero-order chi connectivity index (χ0) is 31.4. The molecule has 5 saturated heterocycles. The van der Waals surface area contributed by atoms with Crippen LogP contribution in [0, 0.1) is 53.8 Å². The number of rotatable bonds is 1. The second-order valence-electron chi connectivity index (χ2n) is 16.9. The van der Waals surface area contributed by atoms with Gasteiger partial charge in [0.05, 0.1) is 55.4 Å². The van der Waals surface area contributed by atoms with Gasteiger partial charge >= 0.3 is 0 Å². The number of aliphatic hydroxyl groups is 2. The van der Waals surface area contributed by atoms with Crippen LogP contribution in [0.2, 0.25) is 0 Å². The van der Waals surface area contributed by atoms with E-state index >= 15 is 0 Å². The summed E-state index contributed by atoms with van der Waals surface area (Å²) in [7, 11) is 0. The Morgan fingerprint density at radius 1 is 0.404 bits per heavy atom. The van der Waals surface area contributed by atoms with Crippen LogP contribution >= 0.6 is 0 Å². The quantitative estimate of drug-likeness (QED) is 0.148. The summed E-state index contributed by atoms with van der Waals surface area (Å²) in [6.45, 7) is 3.09. The largest absolute Gasteiger partial charge is 0.391 e. The van der Waals surface area contributed by atoms with Gasteiger partial charge in [0.15, 0.2) is 0 Å². The van der Waals surface area contributed by atoms with Crippen molar-refractivity contribution in [1.29, 1.82) is 0 Å². The van der Waals surface area contributed by atoms with Crippen LogP contribution in [0.4, 0.5) is 0 Å². The zero-order valence-corrected chi connectivity index (χ0v) is 30.5. The molecule has 5 aliphatic heterocycles. The van der Waals surface area contributed by atoms with E-state index in [0.717, 1.165) is 35.5 Å². The van der Waals surface area contributed by atoms with Crippen LogP contribution in [0.5, 0.6) is 0 Å². The van der Waals surface area contributed by atoms with Crippen molar-refractivity contribution in [1.82, 2.24) is 42.5 Å². The number of aliphatic hydroxyl groups excluding tert-OH is 2. The predicted octanol–water partition coefficient (Wildman–Crippen LogP) is 2.17. The molecule has 0 aromatic carbocycles. The maximum absolute atomic E-state index is 8.38. The Hall–Kier alpha value is 0.314. The minimum Gasteiger partial charge on any atom is -0.391 e. The summed E-state index contributed by atoms with van der Waals surface area (Å²) >= 11 is 0. The van der Waals surface area contributed by atoms with Crippen molar-refractivity contribution in [2.45, 2.75) is 172 Å². The first-order chi connectivity index (χ1) is 22.4. The van der Waals surface area contributed by atoms with E-state index in [-0.39, 0.29) is 21.7 Å². The molecule has 9 fully saturated rings. The molecular formula is C36H65N8O2Ti-. The third kappa shape index (κ3) is 7.21. The van der Waals surface area contributed by atoms with Crippen molar-refractivity contribution < 1.29 is 31.9 Å². The summed E-state index contributed by atoms with van der Waals surface area (Å²) in [5.74, 6) is 5.74. The first-order valence-corrected chi connectivity index (χ1v) is 19.7. The Kier molecular flexibility index (Phi) is 11.8. The van der Waals surface area contributed by atoms with Gasteiger partial charge in [-0.25, -0.2) is 0 Å². The maximum Gasteiger partial charge on any atom is 0.0768 e. The number of hydrogen-bond donors (Lipinski definition) is 10. The van der Waals surface area contributed by atoms with Gasteiger partial charge in [0.1, 0.15) is 0 Å². The van der Waals surface area contributed by atoms with Crippen LogP contribution in [-0.4, -0.2) is 71.7 Å². The minimum absolute atomic E-state index is 0. The van der Waals surface area contributed by atoms with E-state index in [9.17, 15) is 0 Å². The Morgan fingerprint density at radius 2 is 0.660 bits per heavy atom. The third-order valence-electron chi connectivity index (χ3n) is 14.3. The van der Waals surface area contributed by atoms with Crippen LogP contribution in [0.3, 0.4) is 0 Å². The fraction of sp³-hybridized carbons (Fsp3) is 0.972. The van der Waals surface area contributed by atoms with Crippen LogP contribution in [0.25, 0.3) is 0 Å². The van der Waals surface area contributed by atoms with Gasteiger partial charge in [-0.2, -0.15) is 6.42 Å². The standard InChI is InChI=1S/C32H55N8.C4H10O2.Ti/c1-2-10-18-17(9-1)25-33-26(18)38-28-21-13-5-6-14-22(21)30(35-28)40-32-24-16-8-7-15-23(24)31(36-32)39-29-20-12-4-3-11-19(20)27(34-29)37-25;1-3(5)4(2)6;/h9,17-40H,1-8,10-16H2;3-6H,1-2H3;/q-1;;. The topological polar surface area (TPSA) is 137 Å². The molecule has 0 aromatic rings. The van der Waals surface area contributed by atoms with Crippen LogP contribution < -0.4 is 42.5 Å². The zero-order valence-electron chi connectivity index (χ0n) is 29.0. The second kappa shape index (κ2) is 15.5. The van der Waals surface area contributed by atoms with Crippen LogP contribution in [-0.2, 0) is 21.7 Å². The van der Waals surface area contributed by atoms with Gasteiger partial charge in [0.2, 0.25) is 0 Å². The summed E-state index contributed by atoms with van der Waals surface area (Å²) in [5, 5.41) is 50.4. The number of fused-ring (bicyclic) bond motifs is 20. The summed E-state index contributed by atoms with van der Waals surface area (Å²) in [4.78, 5) is 0. The van der Waals surface area contributed by atoms with Crippen LogP contribution in [0.1, 0.15) is 110 Å². The molecule has 10 nitrogen and oxygen atoms in total. The van der Waals surface area contributed by atoms with Gasteiger partial charge in [-0.1, -0.05) is 51.4 Å². The van der Waals surface area contributed by atoms with E-state index in [4.69, 9.17) is 10.2 Å². The van der Waals surface area contributed by atoms with Gasteiger partial charge in [0.25, 0.3) is 0 Å². The molecule has 10 N–H and O–H groups in total. The minimum atomic E-state index is -0.593. The molecule has 0 amide bonds. The van der Waals surface area contributed by atoms with Crippen molar-refractivity contribution >= 4 is 0 Å². The van der Waals surface area contributed by atoms with Crippen LogP contribution in [0.15, 0.2) is 0 Å². The molecule has 18 atom stereocenters. The molecule has 5 heterocycles. The molecule has 0 radical (unpaired) electrons. The van der Waals surface area contributed by atoms with E-state index < -0.39 is 12.2 Å². The number of hydrogen-bond acceptors (Lipinski definition) is 10. The normalized spacial score (nSPS) is 51.6. The van der Waals surface area contributed by atoms with Crippen molar-refractivity contribution in [3.63, 3.8) is 0 Å². The maximum atomic E-state index is 8.38. The van der Waals surface area contributed by atoms with E-state index in [1.54, 1.807) is 13.8 Å². The molecule has 8 bridgehead atoms. The average molecular weight is 690 g/mol. The van der Waals surface area contributed by atoms with Gasteiger partial charge in [-0.05, 0) is 93.8 Å². The molecule has 266 valence electrons. The Balaban J connectivity index is 0.000000462. The van der Waals surface area contributed by atoms with Gasteiger partial charge in [-0.15, -0.1) is 5.92 Å². The molecule has 11 heteroatoms. The Labute approximate surface area is 298 Å². The first kappa shape index (κ1) is 35.7. The molecular weight excluding hydrogens is 624 g/mol. The van der Waals surface area contributed by atoms with Gasteiger partial charge < -0.3 is 16.6 Å². The summed E-state index contributed by atoms with van der Waals surface area (Å²) in [6, 6.07) is 0. The van der Waals surface area contributed by atoms with Gasteiger partial charge in [0, 0.05) is 27.9 Å². The van der Waals surface area contributed by atoms with E-state index in [1.165, 1.54) is 96.3 Å². The molecule has 18 unspecified atom stereocenters. The third-order valence-corrected chi connectivity index (χ3v) is 14.3. The fourth-order valence-corrected chi connectivity index (χ4v) is 11.7. The molecule has 4 aliphatic carbocycles.